The van der Waals surface area contributed by atoms with Crippen LogP contribution < -0.4 is 0 Å². The van der Waals surface area contributed by atoms with Crippen molar-refractivity contribution in [3.8, 4) is 0 Å². The highest BCUT2D eigenvalue weighted by atomic mass is 16.6. The second-order valence-corrected chi connectivity index (χ2v) is 5.74. The Morgan fingerprint density at radius 2 is 1.60 bits per heavy atom. The first-order chi connectivity index (χ1) is 6.53. The Morgan fingerprint density at radius 1 is 1.13 bits per heavy atom. The predicted molar refractivity (Wildman–Crippen MR) is 60.7 cm³/mol. The van der Waals surface area contributed by atoms with E-state index in [1.807, 2.05) is 48.5 Å². The first kappa shape index (κ1) is 14.4. The molecule has 0 saturated heterocycles. The van der Waals surface area contributed by atoms with Crippen LogP contribution in [0.5, 0.6) is 0 Å². The molecule has 0 aromatic heterocycles. The van der Waals surface area contributed by atoms with Gasteiger partial charge in [-0.15, -0.1) is 0 Å². The van der Waals surface area contributed by atoms with E-state index in [9.17, 15) is 4.79 Å². The normalized spacial score (nSPS) is 13.1. The molecule has 90 valence electrons. The summed E-state index contributed by atoms with van der Waals surface area (Å²) >= 11 is 0. The van der Waals surface area contributed by atoms with Gasteiger partial charge in [-0.25, -0.2) is 0 Å². The van der Waals surface area contributed by atoms with Crippen molar-refractivity contribution in [3.63, 3.8) is 0 Å². The lowest BCUT2D eigenvalue weighted by molar-refractivity contribution is -0.171. The number of esters is 1. The monoisotopic (exact) mass is 216 g/mol. The van der Waals surface area contributed by atoms with Crippen LogP contribution in [-0.4, -0.2) is 23.8 Å². The summed E-state index contributed by atoms with van der Waals surface area (Å²) in [6.07, 6.45) is 0. The third kappa shape index (κ3) is 7.37. The molecule has 0 rings (SSSR count). The van der Waals surface area contributed by atoms with E-state index in [2.05, 4.69) is 0 Å². The summed E-state index contributed by atoms with van der Waals surface area (Å²) in [5.41, 5.74) is -0.768. The van der Waals surface area contributed by atoms with Crippen molar-refractivity contribution < 1.29 is 14.3 Å². The molecule has 0 heterocycles. The molecule has 0 aromatic carbocycles. The van der Waals surface area contributed by atoms with Crippen LogP contribution in [-0.2, 0) is 14.3 Å². The second-order valence-electron chi connectivity index (χ2n) is 5.74. The number of carbonyl (C=O) groups is 1. The van der Waals surface area contributed by atoms with E-state index in [1.54, 1.807) is 0 Å². The van der Waals surface area contributed by atoms with E-state index >= 15 is 0 Å². The summed E-state index contributed by atoms with van der Waals surface area (Å²) in [5.74, 6) is -0.281. The van der Waals surface area contributed by atoms with E-state index in [4.69, 9.17) is 9.47 Å². The highest BCUT2D eigenvalue weighted by molar-refractivity contribution is 5.71. The highest BCUT2D eigenvalue weighted by Gasteiger charge is 2.26. The molecule has 15 heavy (non-hydrogen) atoms. The lowest BCUT2D eigenvalue weighted by Crippen LogP contribution is -2.38. The van der Waals surface area contributed by atoms with Gasteiger partial charge in [0, 0.05) is 0 Å². The van der Waals surface area contributed by atoms with Crippen LogP contribution in [0.25, 0.3) is 0 Å². The zero-order valence-corrected chi connectivity index (χ0v) is 11.0. The van der Waals surface area contributed by atoms with E-state index < -0.39 is 5.60 Å². The summed E-state index contributed by atoms with van der Waals surface area (Å²) in [7, 11) is 0. The third-order valence-corrected chi connectivity index (χ3v) is 1.70. The Balaban J connectivity index is 4.14. The van der Waals surface area contributed by atoms with Gasteiger partial charge in [0.15, 0.2) is 0 Å². The maximum absolute atomic E-state index is 11.4. The van der Waals surface area contributed by atoms with Gasteiger partial charge in [0.05, 0.1) is 18.1 Å². The van der Waals surface area contributed by atoms with Crippen LogP contribution in [0.4, 0.5) is 0 Å². The Morgan fingerprint density at radius 3 is 1.93 bits per heavy atom. The van der Waals surface area contributed by atoms with Crippen LogP contribution in [0.15, 0.2) is 0 Å². The maximum Gasteiger partial charge on any atom is 0.308 e. The molecule has 0 bridgehead atoms. The van der Waals surface area contributed by atoms with Gasteiger partial charge in [-0.2, -0.15) is 0 Å². The molecule has 0 amide bonds. The minimum atomic E-state index is -0.561. The Kier molecular flexibility index (Phi) is 4.78. The van der Waals surface area contributed by atoms with E-state index in [0.717, 1.165) is 0 Å². The van der Waals surface area contributed by atoms with E-state index in [1.165, 1.54) is 0 Å². The fourth-order valence-electron chi connectivity index (χ4n) is 0.810. The van der Waals surface area contributed by atoms with Gasteiger partial charge in [-0.3, -0.25) is 4.79 Å². The lowest BCUT2D eigenvalue weighted by Gasteiger charge is -2.30. The number of ether oxygens (including phenoxy) is 2. The third-order valence-electron chi connectivity index (χ3n) is 1.70. The van der Waals surface area contributed by atoms with Crippen molar-refractivity contribution in [2.45, 2.75) is 59.7 Å². The van der Waals surface area contributed by atoms with Gasteiger partial charge >= 0.3 is 5.97 Å². The topological polar surface area (TPSA) is 35.5 Å². The summed E-state index contributed by atoms with van der Waals surface area (Å²) < 4.78 is 10.9. The fraction of sp³-hybridized carbons (Fsp3) is 0.917. The average molecular weight is 216 g/mol. The van der Waals surface area contributed by atoms with Gasteiger partial charge < -0.3 is 9.47 Å². The van der Waals surface area contributed by atoms with Gasteiger partial charge in [-0.05, 0) is 34.6 Å². The number of hydrogen-bond acceptors (Lipinski definition) is 3. The van der Waals surface area contributed by atoms with E-state index in [-0.39, 0.29) is 17.5 Å². The van der Waals surface area contributed by atoms with Gasteiger partial charge in [0.1, 0.15) is 5.60 Å². The molecule has 0 aliphatic carbocycles. The largest absolute Gasteiger partial charge is 0.457 e. The molecular weight excluding hydrogens is 192 g/mol. The molecule has 3 nitrogen and oxygen atoms in total. The Labute approximate surface area is 93.1 Å². The molecule has 0 atom stereocenters. The van der Waals surface area contributed by atoms with Crippen LogP contribution >= 0.6 is 0 Å². The molecule has 0 aliphatic rings. The van der Waals surface area contributed by atoms with Crippen LogP contribution in [0.2, 0.25) is 0 Å². The molecule has 0 saturated carbocycles. The maximum atomic E-state index is 11.4. The number of rotatable bonds is 4. The minimum absolute atomic E-state index is 0.0982. The van der Waals surface area contributed by atoms with Crippen LogP contribution in [0, 0.1) is 5.92 Å². The minimum Gasteiger partial charge on any atom is -0.457 e. The quantitative estimate of drug-likeness (QED) is 0.678. The van der Waals surface area contributed by atoms with Gasteiger partial charge in [0.25, 0.3) is 0 Å². The van der Waals surface area contributed by atoms with E-state index in [0.29, 0.717) is 6.61 Å². The van der Waals surface area contributed by atoms with Crippen LogP contribution in [0.3, 0.4) is 0 Å². The van der Waals surface area contributed by atoms with Crippen LogP contribution in [0.1, 0.15) is 48.5 Å². The Bertz CT molecular complexity index is 211. The van der Waals surface area contributed by atoms with Gasteiger partial charge in [-0.1, -0.05) is 13.8 Å². The molecule has 0 aliphatic heterocycles. The molecule has 0 unspecified atom stereocenters. The average Bonchev–Trinajstić information content (AvgIpc) is 1.99. The predicted octanol–water partition coefficient (Wildman–Crippen LogP) is 2.78. The first-order valence-electron chi connectivity index (χ1n) is 5.40. The zero-order valence-electron chi connectivity index (χ0n) is 11.0. The number of hydrogen-bond donors (Lipinski definition) is 0. The molecule has 0 fully saturated rings. The van der Waals surface area contributed by atoms with Crippen molar-refractivity contribution in [2.24, 2.45) is 5.92 Å². The van der Waals surface area contributed by atoms with Crippen molar-refractivity contribution in [3.05, 3.63) is 0 Å². The highest BCUT2D eigenvalue weighted by Crippen LogP contribution is 2.17. The molecule has 0 N–H and O–H groups in total. The second kappa shape index (κ2) is 4.97. The summed E-state index contributed by atoms with van der Waals surface area (Å²) in [6, 6.07) is 0. The van der Waals surface area contributed by atoms with Crippen molar-refractivity contribution in [1.82, 2.24) is 0 Å². The molecule has 0 spiro atoms. The smallest absolute Gasteiger partial charge is 0.308 e. The first-order valence-corrected chi connectivity index (χ1v) is 5.40. The molecule has 0 radical (unpaired) electrons. The van der Waals surface area contributed by atoms with Crippen molar-refractivity contribution >= 4 is 5.97 Å². The standard InChI is InChI=1S/C12H24O3/c1-9(2)10(13)15-12(6,7)8-14-11(3,4)5/h9H,8H2,1-7H3. The summed E-state index contributed by atoms with van der Waals surface area (Å²) in [4.78, 5) is 11.4. The van der Waals surface area contributed by atoms with Gasteiger partial charge in [0.2, 0.25) is 0 Å². The number of carbonyl (C=O) groups excluding carboxylic acids is 1. The SMILES string of the molecule is CC(C)C(=O)OC(C)(C)COC(C)(C)C. The fourth-order valence-corrected chi connectivity index (χ4v) is 0.810. The van der Waals surface area contributed by atoms with Crippen molar-refractivity contribution in [2.75, 3.05) is 6.61 Å². The van der Waals surface area contributed by atoms with Crippen molar-refractivity contribution in [1.29, 1.82) is 0 Å². The molecule has 0 aromatic rings. The zero-order chi connectivity index (χ0) is 12.3. The molecular formula is C12H24O3. The Hall–Kier alpha value is -0.570. The summed E-state index contributed by atoms with van der Waals surface area (Å²) in [5, 5.41) is 0. The lowest BCUT2D eigenvalue weighted by atomic mass is 10.1. The molecule has 3 heteroatoms. The summed E-state index contributed by atoms with van der Waals surface area (Å²) in [6.45, 7) is 13.7.